The maximum absolute atomic E-state index is 8.79. The lowest BCUT2D eigenvalue weighted by Crippen LogP contribution is -2.36. The number of nitrogens with two attached hydrogens (primary N) is 1. The van der Waals surface area contributed by atoms with Gasteiger partial charge < -0.3 is 10.7 Å². The van der Waals surface area contributed by atoms with Gasteiger partial charge in [0.05, 0.1) is 29.1 Å². The Hall–Kier alpha value is -2.12. The van der Waals surface area contributed by atoms with E-state index in [0.717, 1.165) is 29.9 Å². The summed E-state index contributed by atoms with van der Waals surface area (Å²) in [5.41, 5.74) is 8.51. The van der Waals surface area contributed by atoms with E-state index in [0.29, 0.717) is 5.56 Å². The lowest BCUT2D eigenvalue weighted by Gasteiger charge is -2.23. The van der Waals surface area contributed by atoms with Crippen LogP contribution < -0.4 is 5.73 Å². The van der Waals surface area contributed by atoms with Crippen LogP contribution in [-0.4, -0.2) is 9.97 Å². The molecule has 0 saturated heterocycles. The number of nitriles is 1. The SMILES string of the molecule is CCC(N)(CC)c1ncc(-c2ccc(C#N)cc2)[nH]1. The molecule has 0 aliphatic heterocycles. The van der Waals surface area contributed by atoms with Crippen molar-refractivity contribution < 1.29 is 0 Å². The van der Waals surface area contributed by atoms with Gasteiger partial charge in [0.25, 0.3) is 0 Å². The molecule has 0 aliphatic carbocycles. The van der Waals surface area contributed by atoms with Crippen LogP contribution in [0.1, 0.15) is 38.1 Å². The largest absolute Gasteiger partial charge is 0.340 e. The van der Waals surface area contributed by atoms with Crippen LogP contribution >= 0.6 is 0 Å². The van der Waals surface area contributed by atoms with Gasteiger partial charge in [-0.15, -0.1) is 0 Å². The number of aromatic nitrogens is 2. The first-order valence-corrected chi connectivity index (χ1v) is 6.48. The first-order chi connectivity index (χ1) is 9.12. The lowest BCUT2D eigenvalue weighted by molar-refractivity contribution is 0.391. The monoisotopic (exact) mass is 254 g/mol. The van der Waals surface area contributed by atoms with Crippen LogP contribution in [0.2, 0.25) is 0 Å². The topological polar surface area (TPSA) is 78.5 Å². The van der Waals surface area contributed by atoms with Gasteiger partial charge in [0.1, 0.15) is 5.82 Å². The summed E-state index contributed by atoms with van der Waals surface area (Å²) in [6.45, 7) is 4.13. The zero-order valence-electron chi connectivity index (χ0n) is 11.3. The Morgan fingerprint density at radius 2 is 1.89 bits per heavy atom. The van der Waals surface area contributed by atoms with E-state index in [-0.39, 0.29) is 0 Å². The molecule has 0 spiro atoms. The summed E-state index contributed by atoms with van der Waals surface area (Å²) in [5.74, 6) is 0.817. The number of nitrogens with one attached hydrogen (secondary N) is 1. The van der Waals surface area contributed by atoms with Crippen LogP contribution in [0.4, 0.5) is 0 Å². The summed E-state index contributed by atoms with van der Waals surface area (Å²) in [5, 5.41) is 8.79. The molecule has 0 radical (unpaired) electrons. The van der Waals surface area contributed by atoms with Crippen molar-refractivity contribution in [1.29, 1.82) is 5.26 Å². The third-order valence-corrected chi connectivity index (χ3v) is 3.63. The predicted molar refractivity (Wildman–Crippen MR) is 75.2 cm³/mol. The van der Waals surface area contributed by atoms with Crippen LogP contribution in [0.5, 0.6) is 0 Å². The van der Waals surface area contributed by atoms with E-state index in [1.54, 1.807) is 18.3 Å². The molecule has 4 heteroatoms. The van der Waals surface area contributed by atoms with E-state index < -0.39 is 5.54 Å². The number of rotatable bonds is 4. The van der Waals surface area contributed by atoms with Gasteiger partial charge in [0.15, 0.2) is 0 Å². The molecule has 1 aromatic carbocycles. The summed E-state index contributed by atoms with van der Waals surface area (Å²) in [7, 11) is 0. The second-order valence-corrected chi connectivity index (χ2v) is 4.70. The fourth-order valence-corrected chi connectivity index (χ4v) is 2.03. The number of imidazole rings is 1. The standard InChI is InChI=1S/C15H18N4/c1-3-15(17,4-2)14-18-10-13(19-14)12-7-5-11(9-16)6-8-12/h5-8,10H,3-4,17H2,1-2H3,(H,18,19). The van der Waals surface area contributed by atoms with Crippen LogP contribution in [0.15, 0.2) is 30.5 Å². The Bertz CT molecular complexity index is 585. The van der Waals surface area contributed by atoms with E-state index in [1.807, 2.05) is 12.1 Å². The van der Waals surface area contributed by atoms with Crippen molar-refractivity contribution in [3.8, 4) is 17.3 Å². The number of hydrogen-bond donors (Lipinski definition) is 2. The summed E-state index contributed by atoms with van der Waals surface area (Å²) >= 11 is 0. The van der Waals surface area contributed by atoms with Crippen molar-refractivity contribution in [2.45, 2.75) is 32.2 Å². The Kier molecular flexibility index (Phi) is 3.68. The molecule has 4 nitrogen and oxygen atoms in total. The Morgan fingerprint density at radius 1 is 1.26 bits per heavy atom. The molecular formula is C15H18N4. The molecule has 2 rings (SSSR count). The Morgan fingerprint density at radius 3 is 2.42 bits per heavy atom. The number of hydrogen-bond acceptors (Lipinski definition) is 3. The molecule has 19 heavy (non-hydrogen) atoms. The molecule has 2 aromatic rings. The van der Waals surface area contributed by atoms with Crippen LogP contribution in [0, 0.1) is 11.3 Å². The third-order valence-electron chi connectivity index (χ3n) is 3.63. The molecule has 0 bridgehead atoms. The first-order valence-electron chi connectivity index (χ1n) is 6.48. The molecule has 1 heterocycles. The van der Waals surface area contributed by atoms with Gasteiger partial charge in [-0.1, -0.05) is 26.0 Å². The van der Waals surface area contributed by atoms with Crippen molar-refractivity contribution in [3.05, 3.63) is 41.9 Å². The van der Waals surface area contributed by atoms with Crippen molar-refractivity contribution >= 4 is 0 Å². The van der Waals surface area contributed by atoms with Crippen molar-refractivity contribution in [2.24, 2.45) is 5.73 Å². The van der Waals surface area contributed by atoms with Gasteiger partial charge in [-0.05, 0) is 30.5 Å². The number of aromatic amines is 1. The van der Waals surface area contributed by atoms with Crippen LogP contribution in [-0.2, 0) is 5.54 Å². The van der Waals surface area contributed by atoms with Crippen molar-refractivity contribution in [3.63, 3.8) is 0 Å². The minimum atomic E-state index is -0.398. The van der Waals surface area contributed by atoms with Crippen molar-refractivity contribution in [2.75, 3.05) is 0 Å². The van der Waals surface area contributed by atoms with Crippen LogP contribution in [0.25, 0.3) is 11.3 Å². The Labute approximate surface area is 113 Å². The number of benzene rings is 1. The van der Waals surface area contributed by atoms with Gasteiger partial charge in [-0.3, -0.25) is 0 Å². The highest BCUT2D eigenvalue weighted by atomic mass is 15.0. The summed E-state index contributed by atoms with van der Waals surface area (Å²) in [6, 6.07) is 9.52. The second kappa shape index (κ2) is 5.25. The molecule has 0 amide bonds. The maximum atomic E-state index is 8.79. The average Bonchev–Trinajstić information content (AvgIpc) is 2.97. The summed E-state index contributed by atoms with van der Waals surface area (Å²) in [4.78, 5) is 7.69. The van der Waals surface area contributed by atoms with Gasteiger partial charge in [-0.25, -0.2) is 4.98 Å². The minimum absolute atomic E-state index is 0.398. The molecule has 0 fully saturated rings. The first kappa shape index (κ1) is 13.3. The highest BCUT2D eigenvalue weighted by Gasteiger charge is 2.26. The third kappa shape index (κ3) is 2.51. The van der Waals surface area contributed by atoms with Gasteiger partial charge in [0, 0.05) is 0 Å². The van der Waals surface area contributed by atoms with E-state index >= 15 is 0 Å². The van der Waals surface area contributed by atoms with Crippen LogP contribution in [0.3, 0.4) is 0 Å². The molecule has 0 atom stereocenters. The van der Waals surface area contributed by atoms with E-state index in [4.69, 9.17) is 11.0 Å². The van der Waals surface area contributed by atoms with Gasteiger partial charge >= 0.3 is 0 Å². The predicted octanol–water partition coefficient (Wildman–Crippen LogP) is 2.92. The highest BCUT2D eigenvalue weighted by molar-refractivity contribution is 5.59. The normalized spacial score (nSPS) is 11.3. The smallest absolute Gasteiger partial charge is 0.126 e. The van der Waals surface area contributed by atoms with Crippen molar-refractivity contribution in [1.82, 2.24) is 9.97 Å². The summed E-state index contributed by atoms with van der Waals surface area (Å²) < 4.78 is 0. The van der Waals surface area contributed by atoms with E-state index in [9.17, 15) is 0 Å². The molecule has 0 aliphatic rings. The molecular weight excluding hydrogens is 236 g/mol. The quantitative estimate of drug-likeness (QED) is 0.880. The second-order valence-electron chi connectivity index (χ2n) is 4.70. The zero-order valence-corrected chi connectivity index (χ0v) is 11.3. The van der Waals surface area contributed by atoms with Gasteiger partial charge in [-0.2, -0.15) is 5.26 Å². The minimum Gasteiger partial charge on any atom is -0.340 e. The summed E-state index contributed by atoms with van der Waals surface area (Å²) in [6.07, 6.45) is 3.47. The molecule has 0 saturated carbocycles. The van der Waals surface area contributed by atoms with Gasteiger partial charge in [0.2, 0.25) is 0 Å². The average molecular weight is 254 g/mol. The molecule has 98 valence electrons. The van der Waals surface area contributed by atoms with E-state index in [2.05, 4.69) is 29.9 Å². The molecule has 0 unspecified atom stereocenters. The molecule has 3 N–H and O–H groups in total. The number of nitrogens with zero attached hydrogens (tertiary/aromatic N) is 2. The fourth-order valence-electron chi connectivity index (χ4n) is 2.03. The Balaban J connectivity index is 2.33. The fraction of sp³-hybridized carbons (Fsp3) is 0.333. The number of H-pyrrole nitrogens is 1. The van der Waals surface area contributed by atoms with E-state index in [1.165, 1.54) is 0 Å². The lowest BCUT2D eigenvalue weighted by atomic mass is 9.93. The molecule has 1 aromatic heterocycles. The maximum Gasteiger partial charge on any atom is 0.126 e. The highest BCUT2D eigenvalue weighted by Crippen LogP contribution is 2.26. The zero-order chi connectivity index (χ0) is 13.9.